The molecule has 27 heavy (non-hydrogen) atoms. The summed E-state index contributed by atoms with van der Waals surface area (Å²) < 4.78 is 11.2. The maximum Gasteiger partial charge on any atom is 0.230 e. The Hall–Kier alpha value is -2.80. The number of nitrogens with zero attached hydrogens (tertiary/aromatic N) is 2. The van der Waals surface area contributed by atoms with Crippen LogP contribution in [0.2, 0.25) is 0 Å². The molecule has 0 radical (unpaired) electrons. The quantitative estimate of drug-likeness (QED) is 0.659. The second-order valence-corrected chi connectivity index (χ2v) is 7.43. The van der Waals surface area contributed by atoms with Crippen LogP contribution in [0.1, 0.15) is 18.2 Å². The first kappa shape index (κ1) is 17.6. The Balaban J connectivity index is 1.32. The van der Waals surface area contributed by atoms with Crippen LogP contribution in [-0.2, 0) is 17.8 Å². The highest BCUT2D eigenvalue weighted by Gasteiger charge is 2.20. The molecule has 0 saturated carbocycles. The molecule has 0 spiro atoms. The lowest BCUT2D eigenvalue weighted by Crippen LogP contribution is -2.24. The number of rotatable bonds is 6. The van der Waals surface area contributed by atoms with Crippen molar-refractivity contribution in [2.75, 3.05) is 5.75 Å². The summed E-state index contributed by atoms with van der Waals surface area (Å²) in [5, 5.41) is 6.90. The van der Waals surface area contributed by atoms with Crippen molar-refractivity contribution in [3.63, 3.8) is 0 Å². The first-order valence-electron chi connectivity index (χ1n) is 8.72. The number of hydrogen-bond donors (Lipinski definition) is 1. The van der Waals surface area contributed by atoms with Gasteiger partial charge in [-0.05, 0) is 30.7 Å². The summed E-state index contributed by atoms with van der Waals surface area (Å²) in [6.45, 7) is 2.39. The summed E-state index contributed by atoms with van der Waals surface area (Å²) in [7, 11) is 0. The molecule has 0 saturated heterocycles. The zero-order valence-corrected chi connectivity index (χ0v) is 15.7. The summed E-state index contributed by atoms with van der Waals surface area (Å²) in [5.74, 6) is 1.85. The number of fused-ring (bicyclic) bond motifs is 1. The Kier molecular flexibility index (Phi) is 5.11. The van der Waals surface area contributed by atoms with E-state index in [0.29, 0.717) is 23.8 Å². The van der Waals surface area contributed by atoms with Crippen molar-refractivity contribution in [3.8, 4) is 17.1 Å². The van der Waals surface area contributed by atoms with Gasteiger partial charge in [0.2, 0.25) is 5.91 Å². The molecule has 6 nitrogen and oxygen atoms in total. The van der Waals surface area contributed by atoms with Gasteiger partial charge >= 0.3 is 0 Å². The van der Waals surface area contributed by atoms with E-state index < -0.39 is 0 Å². The zero-order valence-electron chi connectivity index (χ0n) is 14.8. The molecule has 1 aliphatic rings. The number of aromatic nitrogens is 2. The Morgan fingerprint density at radius 3 is 2.96 bits per heavy atom. The highest BCUT2D eigenvalue weighted by atomic mass is 32.2. The normalized spacial score (nSPS) is 15.2. The first-order valence-corrected chi connectivity index (χ1v) is 9.71. The number of carbonyl (C=O) groups is 1. The van der Waals surface area contributed by atoms with Crippen LogP contribution in [0.25, 0.3) is 11.3 Å². The number of nitrogens with one attached hydrogen (secondary N) is 1. The number of ether oxygens (including phenoxy) is 1. The van der Waals surface area contributed by atoms with Gasteiger partial charge in [-0.1, -0.05) is 17.3 Å². The molecule has 1 amide bonds. The molecule has 1 aromatic carbocycles. The van der Waals surface area contributed by atoms with E-state index in [-0.39, 0.29) is 12.0 Å². The number of thioether (sulfide) groups is 1. The van der Waals surface area contributed by atoms with Gasteiger partial charge in [0.05, 0.1) is 12.3 Å². The van der Waals surface area contributed by atoms with Gasteiger partial charge in [-0.3, -0.25) is 9.78 Å². The summed E-state index contributed by atoms with van der Waals surface area (Å²) >= 11 is 1.47. The second-order valence-electron chi connectivity index (χ2n) is 6.39. The highest BCUT2D eigenvalue weighted by molar-refractivity contribution is 8.00. The minimum absolute atomic E-state index is 0.0544. The first-order chi connectivity index (χ1) is 13.2. The monoisotopic (exact) mass is 381 g/mol. The highest BCUT2D eigenvalue weighted by Crippen LogP contribution is 2.33. The van der Waals surface area contributed by atoms with Crippen molar-refractivity contribution in [1.29, 1.82) is 0 Å². The second kappa shape index (κ2) is 7.84. The lowest BCUT2D eigenvalue weighted by molar-refractivity contribution is -0.118. The molecule has 0 fully saturated rings. The van der Waals surface area contributed by atoms with E-state index in [4.69, 9.17) is 9.26 Å². The van der Waals surface area contributed by atoms with Gasteiger partial charge in [0.25, 0.3) is 0 Å². The number of hydrogen-bond acceptors (Lipinski definition) is 6. The molecule has 2 aromatic heterocycles. The van der Waals surface area contributed by atoms with E-state index >= 15 is 0 Å². The van der Waals surface area contributed by atoms with Gasteiger partial charge < -0.3 is 14.6 Å². The third kappa shape index (κ3) is 4.31. The maximum atomic E-state index is 12.0. The molecule has 1 atom stereocenters. The van der Waals surface area contributed by atoms with Crippen molar-refractivity contribution in [1.82, 2.24) is 15.5 Å². The van der Waals surface area contributed by atoms with Gasteiger partial charge in [0, 0.05) is 35.3 Å². The molecule has 3 heterocycles. The number of benzene rings is 1. The minimum atomic E-state index is -0.0544. The van der Waals surface area contributed by atoms with Crippen LogP contribution in [0.15, 0.2) is 58.2 Å². The van der Waals surface area contributed by atoms with Gasteiger partial charge in [0.1, 0.15) is 17.5 Å². The summed E-state index contributed by atoms with van der Waals surface area (Å²) in [5.41, 5.74) is 2.81. The fraction of sp³-hybridized carbons (Fsp3) is 0.250. The van der Waals surface area contributed by atoms with E-state index in [1.165, 1.54) is 17.3 Å². The molecular formula is C20H19N3O3S. The Bertz CT molecular complexity index is 943. The largest absolute Gasteiger partial charge is 0.490 e. The molecule has 138 valence electrons. The average Bonchev–Trinajstić information content (AvgIpc) is 3.30. The third-order valence-corrected chi connectivity index (χ3v) is 5.24. The molecule has 4 rings (SSSR count). The van der Waals surface area contributed by atoms with Crippen LogP contribution >= 0.6 is 11.8 Å². The summed E-state index contributed by atoms with van der Waals surface area (Å²) in [4.78, 5) is 17.0. The van der Waals surface area contributed by atoms with Crippen LogP contribution in [0, 0.1) is 0 Å². The van der Waals surface area contributed by atoms with Crippen LogP contribution in [0.3, 0.4) is 0 Å². The van der Waals surface area contributed by atoms with E-state index in [1.54, 1.807) is 12.4 Å². The van der Waals surface area contributed by atoms with Crippen molar-refractivity contribution in [3.05, 3.63) is 60.0 Å². The molecule has 7 heteroatoms. The van der Waals surface area contributed by atoms with Crippen LogP contribution in [-0.4, -0.2) is 27.9 Å². The number of amides is 1. The predicted octanol–water partition coefficient (Wildman–Crippen LogP) is 3.47. The van der Waals surface area contributed by atoms with Crippen LogP contribution in [0.5, 0.6) is 5.75 Å². The lowest BCUT2D eigenvalue weighted by atomic mass is 10.1. The van der Waals surface area contributed by atoms with Gasteiger partial charge in [-0.2, -0.15) is 0 Å². The van der Waals surface area contributed by atoms with E-state index in [1.807, 2.05) is 30.3 Å². The Morgan fingerprint density at radius 2 is 2.11 bits per heavy atom. The van der Waals surface area contributed by atoms with E-state index in [2.05, 4.69) is 28.4 Å². The smallest absolute Gasteiger partial charge is 0.230 e. The van der Waals surface area contributed by atoms with Gasteiger partial charge in [-0.15, -0.1) is 11.8 Å². The van der Waals surface area contributed by atoms with E-state index in [0.717, 1.165) is 22.6 Å². The number of pyridine rings is 1. The van der Waals surface area contributed by atoms with Crippen molar-refractivity contribution in [2.24, 2.45) is 0 Å². The minimum Gasteiger partial charge on any atom is -0.490 e. The van der Waals surface area contributed by atoms with Crippen molar-refractivity contribution in [2.45, 2.75) is 30.9 Å². The molecular weight excluding hydrogens is 362 g/mol. The summed E-state index contributed by atoms with van der Waals surface area (Å²) in [6.07, 6.45) is 4.56. The predicted molar refractivity (Wildman–Crippen MR) is 103 cm³/mol. The van der Waals surface area contributed by atoms with Crippen molar-refractivity contribution >= 4 is 17.7 Å². The van der Waals surface area contributed by atoms with Crippen LogP contribution in [0.4, 0.5) is 0 Å². The summed E-state index contributed by atoms with van der Waals surface area (Å²) in [6, 6.07) is 11.7. The van der Waals surface area contributed by atoms with E-state index in [9.17, 15) is 4.79 Å². The molecule has 0 aliphatic carbocycles. The topological polar surface area (TPSA) is 77.3 Å². The molecule has 1 aliphatic heterocycles. The third-order valence-electron chi connectivity index (χ3n) is 4.23. The molecule has 1 unspecified atom stereocenters. The van der Waals surface area contributed by atoms with Crippen LogP contribution < -0.4 is 10.1 Å². The molecule has 1 N–H and O–H groups in total. The molecule has 0 bridgehead atoms. The average molecular weight is 381 g/mol. The van der Waals surface area contributed by atoms with Crippen molar-refractivity contribution < 1.29 is 14.1 Å². The lowest BCUT2D eigenvalue weighted by Gasteiger charge is -2.03. The fourth-order valence-corrected chi connectivity index (χ4v) is 3.62. The fourth-order valence-electron chi connectivity index (χ4n) is 2.91. The van der Waals surface area contributed by atoms with Gasteiger partial charge in [-0.25, -0.2) is 0 Å². The number of carbonyl (C=O) groups excluding carboxylic acids is 1. The zero-order chi connectivity index (χ0) is 18.6. The Labute approximate surface area is 161 Å². The van der Waals surface area contributed by atoms with Gasteiger partial charge in [0.15, 0.2) is 5.76 Å². The maximum absolute atomic E-state index is 12.0. The molecule has 3 aromatic rings. The Morgan fingerprint density at radius 1 is 1.26 bits per heavy atom. The SMILES string of the molecule is CC1Cc2ccc(-c3cc(CNC(=O)CSc4ccncc4)no3)cc2O1. The standard InChI is InChI=1S/C20H19N3O3S/c1-13-8-14-2-3-15(9-18(14)25-13)19-10-16(23-26-19)11-22-20(24)12-27-17-4-6-21-7-5-17/h2-7,9-10,13H,8,11-12H2,1H3,(H,22,24).